The molecule has 0 unspecified atom stereocenters. The molecular weight excluding hydrogens is 132 g/mol. The zero-order valence-corrected chi connectivity index (χ0v) is 5.66. The average molecular weight is 140 g/mol. The Hall–Kier alpha value is -1.43. The summed E-state index contributed by atoms with van der Waals surface area (Å²) in [7, 11) is 0. The van der Waals surface area contributed by atoms with E-state index >= 15 is 0 Å². The van der Waals surface area contributed by atoms with Gasteiger partial charge in [-0.25, -0.2) is 4.79 Å². The van der Waals surface area contributed by atoms with E-state index in [1.54, 1.807) is 13.0 Å². The minimum Gasteiger partial charge on any atom is -0.421 e. The summed E-state index contributed by atoms with van der Waals surface area (Å²) in [6, 6.07) is 0. The molecule has 0 spiro atoms. The minimum atomic E-state index is -0.781. The molecular formula is C7H8O3. The molecule has 0 atom stereocenters. The Morgan fingerprint density at radius 3 is 3.00 bits per heavy atom. The van der Waals surface area contributed by atoms with Crippen LogP contribution in [0, 0.1) is 12.3 Å². The molecule has 0 saturated carbocycles. The first kappa shape index (κ1) is 8.57. The molecule has 0 aliphatic heterocycles. The van der Waals surface area contributed by atoms with Gasteiger partial charge in [-0.2, -0.15) is 0 Å². The molecule has 3 heteroatoms. The Morgan fingerprint density at radius 1 is 1.80 bits per heavy atom. The molecule has 0 rings (SSSR count). The van der Waals surface area contributed by atoms with Gasteiger partial charge < -0.3 is 9.47 Å². The number of ether oxygens (including phenoxy) is 2. The maximum Gasteiger partial charge on any atom is 0.514 e. The van der Waals surface area contributed by atoms with Crippen molar-refractivity contribution in [3.8, 4) is 12.3 Å². The number of carbonyl (C=O) groups excluding carboxylic acids is 1. The van der Waals surface area contributed by atoms with Crippen LogP contribution in [0.25, 0.3) is 0 Å². The maximum absolute atomic E-state index is 10.4. The Labute approximate surface area is 59.6 Å². The summed E-state index contributed by atoms with van der Waals surface area (Å²) in [5, 5.41) is 0. The smallest absolute Gasteiger partial charge is 0.421 e. The highest BCUT2D eigenvalue weighted by Gasteiger charge is 1.96. The van der Waals surface area contributed by atoms with Gasteiger partial charge in [-0.1, -0.05) is 12.0 Å². The third-order valence-corrected chi connectivity index (χ3v) is 0.574. The Balaban J connectivity index is 3.37. The van der Waals surface area contributed by atoms with E-state index in [0.717, 1.165) is 0 Å². The standard InChI is InChI=1S/C7H8O3/c1-3-5-9-7(8)10-6-4-2/h1,4,6H,5H2,2H3/b6-4+. The predicted octanol–water partition coefficient (Wildman–Crippen LogP) is 1.31. The van der Waals surface area contributed by atoms with Crippen LogP contribution >= 0.6 is 0 Å². The predicted molar refractivity (Wildman–Crippen MR) is 36.1 cm³/mol. The highest BCUT2D eigenvalue weighted by atomic mass is 16.7. The Morgan fingerprint density at radius 2 is 2.50 bits per heavy atom. The SMILES string of the molecule is C#CCOC(=O)O/C=C/C. The summed E-state index contributed by atoms with van der Waals surface area (Å²) >= 11 is 0. The van der Waals surface area contributed by atoms with E-state index in [-0.39, 0.29) is 6.61 Å². The van der Waals surface area contributed by atoms with Gasteiger partial charge in [0, 0.05) is 0 Å². The van der Waals surface area contributed by atoms with Gasteiger partial charge in [-0.05, 0) is 6.92 Å². The van der Waals surface area contributed by atoms with Crippen LogP contribution in [0.3, 0.4) is 0 Å². The van der Waals surface area contributed by atoms with Crippen LogP contribution in [-0.2, 0) is 9.47 Å². The summed E-state index contributed by atoms with van der Waals surface area (Å²) in [4.78, 5) is 10.4. The molecule has 0 aliphatic carbocycles. The molecule has 54 valence electrons. The van der Waals surface area contributed by atoms with E-state index in [9.17, 15) is 4.79 Å². The Bertz CT molecular complexity index is 164. The molecule has 3 nitrogen and oxygen atoms in total. The van der Waals surface area contributed by atoms with Crippen molar-refractivity contribution in [2.24, 2.45) is 0 Å². The molecule has 10 heavy (non-hydrogen) atoms. The lowest BCUT2D eigenvalue weighted by atomic mass is 10.7. The van der Waals surface area contributed by atoms with Crippen LogP contribution in [-0.4, -0.2) is 12.8 Å². The summed E-state index contributed by atoms with van der Waals surface area (Å²) < 4.78 is 8.70. The van der Waals surface area contributed by atoms with Crippen molar-refractivity contribution in [3.05, 3.63) is 12.3 Å². The van der Waals surface area contributed by atoms with Gasteiger partial charge >= 0.3 is 6.16 Å². The normalized spacial score (nSPS) is 8.80. The fourth-order valence-corrected chi connectivity index (χ4v) is 0.258. The number of allylic oxidation sites excluding steroid dienone is 1. The molecule has 0 aromatic rings. The number of carbonyl (C=O) groups is 1. The van der Waals surface area contributed by atoms with Crippen molar-refractivity contribution in [1.82, 2.24) is 0 Å². The van der Waals surface area contributed by atoms with Gasteiger partial charge in [0.25, 0.3) is 0 Å². The fourth-order valence-electron chi connectivity index (χ4n) is 0.258. The molecule has 0 aromatic carbocycles. The van der Waals surface area contributed by atoms with E-state index in [4.69, 9.17) is 6.42 Å². The van der Waals surface area contributed by atoms with Crippen molar-refractivity contribution in [3.63, 3.8) is 0 Å². The molecule has 0 aromatic heterocycles. The van der Waals surface area contributed by atoms with Gasteiger partial charge in [0.15, 0.2) is 6.61 Å². The van der Waals surface area contributed by atoms with Crippen LogP contribution in [0.5, 0.6) is 0 Å². The summed E-state index contributed by atoms with van der Waals surface area (Å²) in [6.45, 7) is 1.66. The summed E-state index contributed by atoms with van der Waals surface area (Å²) in [5.41, 5.74) is 0. The lowest BCUT2D eigenvalue weighted by Crippen LogP contribution is -2.02. The first-order valence-electron chi connectivity index (χ1n) is 2.69. The number of hydrogen-bond acceptors (Lipinski definition) is 3. The largest absolute Gasteiger partial charge is 0.514 e. The van der Waals surface area contributed by atoms with Crippen molar-refractivity contribution in [2.45, 2.75) is 6.92 Å². The van der Waals surface area contributed by atoms with Gasteiger partial charge in [0.05, 0.1) is 6.26 Å². The molecule has 0 radical (unpaired) electrons. The van der Waals surface area contributed by atoms with Gasteiger partial charge in [0.1, 0.15) is 0 Å². The topological polar surface area (TPSA) is 35.5 Å². The van der Waals surface area contributed by atoms with Gasteiger partial charge in [0.2, 0.25) is 0 Å². The number of hydrogen-bond donors (Lipinski definition) is 0. The monoisotopic (exact) mass is 140 g/mol. The number of terminal acetylenes is 1. The Kier molecular flexibility index (Phi) is 4.89. The zero-order valence-electron chi connectivity index (χ0n) is 5.66. The second-order valence-electron chi connectivity index (χ2n) is 1.33. The van der Waals surface area contributed by atoms with Crippen molar-refractivity contribution >= 4 is 6.16 Å². The van der Waals surface area contributed by atoms with Crippen molar-refractivity contribution in [1.29, 1.82) is 0 Å². The highest BCUT2D eigenvalue weighted by Crippen LogP contribution is 1.84. The fraction of sp³-hybridized carbons (Fsp3) is 0.286. The molecule has 0 N–H and O–H groups in total. The van der Waals surface area contributed by atoms with E-state index < -0.39 is 6.16 Å². The van der Waals surface area contributed by atoms with E-state index in [2.05, 4.69) is 15.4 Å². The first-order chi connectivity index (χ1) is 4.81. The van der Waals surface area contributed by atoms with Crippen LogP contribution < -0.4 is 0 Å². The minimum absolute atomic E-state index is 0.0591. The quantitative estimate of drug-likeness (QED) is 0.329. The van der Waals surface area contributed by atoms with Gasteiger partial charge in [-0.3, -0.25) is 0 Å². The third kappa shape index (κ3) is 4.72. The molecule has 0 heterocycles. The lowest BCUT2D eigenvalue weighted by Gasteiger charge is -1.95. The second-order valence-corrected chi connectivity index (χ2v) is 1.33. The zero-order chi connectivity index (χ0) is 7.82. The van der Waals surface area contributed by atoms with E-state index in [1.807, 2.05) is 0 Å². The average Bonchev–Trinajstić information content (AvgIpc) is 1.97. The van der Waals surface area contributed by atoms with Gasteiger partial charge in [-0.15, -0.1) is 6.42 Å². The molecule has 0 saturated heterocycles. The van der Waals surface area contributed by atoms with Crippen LogP contribution in [0.15, 0.2) is 12.3 Å². The van der Waals surface area contributed by atoms with Crippen LogP contribution in [0.2, 0.25) is 0 Å². The summed E-state index contributed by atoms with van der Waals surface area (Å²) in [5.74, 6) is 2.13. The second kappa shape index (κ2) is 5.70. The lowest BCUT2D eigenvalue weighted by molar-refractivity contribution is 0.0959. The molecule has 0 amide bonds. The summed E-state index contributed by atoms with van der Waals surface area (Å²) in [6.07, 6.45) is 6.81. The highest BCUT2D eigenvalue weighted by molar-refractivity contribution is 5.60. The van der Waals surface area contributed by atoms with Crippen LogP contribution in [0.1, 0.15) is 6.92 Å². The van der Waals surface area contributed by atoms with E-state index in [1.165, 1.54) is 6.26 Å². The van der Waals surface area contributed by atoms with Crippen LogP contribution in [0.4, 0.5) is 4.79 Å². The molecule has 0 fully saturated rings. The number of rotatable bonds is 2. The van der Waals surface area contributed by atoms with Crippen molar-refractivity contribution < 1.29 is 14.3 Å². The molecule has 0 bridgehead atoms. The third-order valence-electron chi connectivity index (χ3n) is 0.574. The first-order valence-corrected chi connectivity index (χ1v) is 2.69. The van der Waals surface area contributed by atoms with Crippen molar-refractivity contribution in [2.75, 3.05) is 6.61 Å². The van der Waals surface area contributed by atoms with E-state index in [0.29, 0.717) is 0 Å². The maximum atomic E-state index is 10.4. The molecule has 0 aliphatic rings.